The molecule has 1 saturated carbocycles. The number of nitrogens with one attached hydrogen (secondary N) is 1. The summed E-state index contributed by atoms with van der Waals surface area (Å²) in [6, 6.07) is 0.346. The number of imidazole rings is 1. The van der Waals surface area contributed by atoms with Crippen LogP contribution in [0.1, 0.15) is 42.5 Å². The molecule has 0 saturated heterocycles. The SMILES string of the molecule is CCc1nc(C(=O)OC)c(N)n1CCC(=O)NC1CC1. The van der Waals surface area contributed by atoms with Gasteiger partial charge in [0, 0.05) is 25.4 Å². The predicted octanol–water partition coefficient (Wildman–Crippen LogP) is 0.483. The van der Waals surface area contributed by atoms with E-state index < -0.39 is 5.97 Å². The van der Waals surface area contributed by atoms with Gasteiger partial charge >= 0.3 is 5.97 Å². The molecule has 0 radical (unpaired) electrons. The van der Waals surface area contributed by atoms with Crippen molar-refractivity contribution in [3.05, 3.63) is 11.5 Å². The van der Waals surface area contributed by atoms with Gasteiger partial charge in [0.1, 0.15) is 11.6 Å². The second-order valence-corrected chi connectivity index (χ2v) is 4.85. The summed E-state index contributed by atoms with van der Waals surface area (Å²) in [5, 5.41) is 2.92. The highest BCUT2D eigenvalue weighted by Crippen LogP contribution is 2.19. The van der Waals surface area contributed by atoms with Gasteiger partial charge in [0.15, 0.2) is 5.69 Å². The summed E-state index contributed by atoms with van der Waals surface area (Å²) in [6.45, 7) is 2.33. The lowest BCUT2D eigenvalue weighted by atomic mass is 10.3. The summed E-state index contributed by atoms with van der Waals surface area (Å²) in [7, 11) is 1.29. The molecule has 0 atom stereocenters. The molecular formula is C13H20N4O3. The van der Waals surface area contributed by atoms with Crippen LogP contribution in [-0.4, -0.2) is 34.6 Å². The van der Waals surface area contributed by atoms with Gasteiger partial charge in [0.2, 0.25) is 5.91 Å². The normalized spacial score (nSPS) is 14.1. The number of aryl methyl sites for hydroxylation is 1. The van der Waals surface area contributed by atoms with Gasteiger partial charge in [0.25, 0.3) is 0 Å². The third kappa shape index (κ3) is 3.09. The summed E-state index contributed by atoms with van der Waals surface area (Å²) in [5.41, 5.74) is 6.04. The predicted molar refractivity (Wildman–Crippen MR) is 73.1 cm³/mol. The highest BCUT2D eigenvalue weighted by molar-refractivity contribution is 5.92. The van der Waals surface area contributed by atoms with Gasteiger partial charge in [-0.1, -0.05) is 6.92 Å². The maximum atomic E-state index is 11.7. The van der Waals surface area contributed by atoms with E-state index in [4.69, 9.17) is 5.73 Å². The van der Waals surface area contributed by atoms with Crippen LogP contribution in [0.4, 0.5) is 5.82 Å². The van der Waals surface area contributed by atoms with E-state index in [0.29, 0.717) is 31.3 Å². The molecule has 1 aliphatic rings. The summed E-state index contributed by atoms with van der Waals surface area (Å²) >= 11 is 0. The van der Waals surface area contributed by atoms with Crippen molar-refractivity contribution in [3.8, 4) is 0 Å². The number of methoxy groups -OCH3 is 1. The lowest BCUT2D eigenvalue weighted by Crippen LogP contribution is -2.26. The Hall–Kier alpha value is -2.05. The largest absolute Gasteiger partial charge is 0.464 e. The molecule has 1 amide bonds. The van der Waals surface area contributed by atoms with Crippen LogP contribution >= 0.6 is 0 Å². The summed E-state index contributed by atoms with van der Waals surface area (Å²) in [5.74, 6) is 0.385. The number of rotatable bonds is 6. The molecular weight excluding hydrogens is 260 g/mol. The minimum Gasteiger partial charge on any atom is -0.464 e. The molecule has 3 N–H and O–H groups in total. The summed E-state index contributed by atoms with van der Waals surface area (Å²) in [4.78, 5) is 27.4. The fraction of sp³-hybridized carbons (Fsp3) is 0.615. The Balaban J connectivity index is 2.06. The zero-order valence-corrected chi connectivity index (χ0v) is 11.8. The first kappa shape index (κ1) is 14.4. The summed E-state index contributed by atoms with van der Waals surface area (Å²) in [6.07, 6.45) is 3.08. The number of hydrogen-bond donors (Lipinski definition) is 2. The van der Waals surface area contributed by atoms with Crippen LogP contribution in [-0.2, 0) is 22.5 Å². The Labute approximate surface area is 117 Å². The van der Waals surface area contributed by atoms with Crippen molar-refractivity contribution < 1.29 is 14.3 Å². The number of ether oxygens (including phenoxy) is 1. The maximum Gasteiger partial charge on any atom is 0.360 e. The van der Waals surface area contributed by atoms with E-state index in [2.05, 4.69) is 15.0 Å². The molecule has 1 aromatic rings. The van der Waals surface area contributed by atoms with Gasteiger partial charge in [-0.15, -0.1) is 0 Å². The molecule has 20 heavy (non-hydrogen) atoms. The Morgan fingerprint density at radius 2 is 2.20 bits per heavy atom. The molecule has 1 aliphatic carbocycles. The number of amides is 1. The fourth-order valence-electron chi connectivity index (χ4n) is 2.02. The molecule has 0 spiro atoms. The lowest BCUT2D eigenvalue weighted by molar-refractivity contribution is -0.121. The zero-order chi connectivity index (χ0) is 14.7. The monoisotopic (exact) mass is 280 g/mol. The molecule has 7 heteroatoms. The molecule has 0 aromatic carbocycles. The van der Waals surface area contributed by atoms with Crippen molar-refractivity contribution in [2.75, 3.05) is 12.8 Å². The second kappa shape index (κ2) is 5.94. The average Bonchev–Trinajstić information content (AvgIpc) is 3.18. The quantitative estimate of drug-likeness (QED) is 0.738. The van der Waals surface area contributed by atoms with Crippen LogP contribution in [0, 0.1) is 0 Å². The molecule has 1 fully saturated rings. The van der Waals surface area contributed by atoms with Crippen molar-refractivity contribution in [1.29, 1.82) is 0 Å². The number of esters is 1. The van der Waals surface area contributed by atoms with Crippen molar-refractivity contribution in [1.82, 2.24) is 14.9 Å². The highest BCUT2D eigenvalue weighted by atomic mass is 16.5. The van der Waals surface area contributed by atoms with E-state index in [1.165, 1.54) is 7.11 Å². The summed E-state index contributed by atoms with van der Waals surface area (Å²) < 4.78 is 6.35. The molecule has 2 rings (SSSR count). The number of anilines is 1. The zero-order valence-electron chi connectivity index (χ0n) is 11.8. The van der Waals surface area contributed by atoms with Crippen LogP contribution in [0.2, 0.25) is 0 Å². The van der Waals surface area contributed by atoms with E-state index in [1.54, 1.807) is 4.57 Å². The van der Waals surface area contributed by atoms with E-state index in [0.717, 1.165) is 12.8 Å². The number of aromatic nitrogens is 2. The Kier molecular flexibility index (Phi) is 4.26. The lowest BCUT2D eigenvalue weighted by Gasteiger charge is -2.09. The van der Waals surface area contributed by atoms with Gasteiger partial charge < -0.3 is 20.4 Å². The van der Waals surface area contributed by atoms with Crippen molar-refractivity contribution in [2.24, 2.45) is 0 Å². The van der Waals surface area contributed by atoms with Crippen LogP contribution in [0.5, 0.6) is 0 Å². The molecule has 1 heterocycles. The van der Waals surface area contributed by atoms with E-state index >= 15 is 0 Å². The fourth-order valence-corrected chi connectivity index (χ4v) is 2.02. The highest BCUT2D eigenvalue weighted by Gasteiger charge is 2.24. The number of hydrogen-bond acceptors (Lipinski definition) is 5. The minimum atomic E-state index is -0.557. The molecule has 1 aromatic heterocycles. The minimum absolute atomic E-state index is 0.00210. The topological polar surface area (TPSA) is 99.2 Å². The van der Waals surface area contributed by atoms with Gasteiger partial charge in [-0.3, -0.25) is 4.79 Å². The van der Waals surface area contributed by atoms with Crippen LogP contribution in [0.15, 0.2) is 0 Å². The first-order chi connectivity index (χ1) is 9.56. The van der Waals surface area contributed by atoms with Gasteiger partial charge in [0.05, 0.1) is 7.11 Å². The maximum absolute atomic E-state index is 11.7. The third-order valence-corrected chi connectivity index (χ3v) is 3.29. The number of nitrogen functional groups attached to an aromatic ring is 1. The van der Waals surface area contributed by atoms with Crippen molar-refractivity contribution >= 4 is 17.7 Å². The number of nitrogens with zero attached hydrogens (tertiary/aromatic N) is 2. The molecule has 0 bridgehead atoms. The molecule has 7 nitrogen and oxygen atoms in total. The first-order valence-electron chi connectivity index (χ1n) is 6.79. The number of nitrogens with two attached hydrogens (primary N) is 1. The van der Waals surface area contributed by atoms with Gasteiger partial charge in [-0.05, 0) is 12.8 Å². The molecule has 0 aliphatic heterocycles. The number of carbonyl (C=O) groups is 2. The van der Waals surface area contributed by atoms with Gasteiger partial charge in [-0.25, -0.2) is 9.78 Å². The van der Waals surface area contributed by atoms with E-state index in [-0.39, 0.29) is 17.4 Å². The van der Waals surface area contributed by atoms with Crippen molar-refractivity contribution in [3.63, 3.8) is 0 Å². The average molecular weight is 280 g/mol. The molecule has 0 unspecified atom stereocenters. The van der Waals surface area contributed by atoms with Crippen LogP contribution in [0.3, 0.4) is 0 Å². The smallest absolute Gasteiger partial charge is 0.360 e. The van der Waals surface area contributed by atoms with Crippen molar-refractivity contribution in [2.45, 2.75) is 45.2 Å². The second-order valence-electron chi connectivity index (χ2n) is 4.85. The third-order valence-electron chi connectivity index (χ3n) is 3.29. The van der Waals surface area contributed by atoms with E-state index in [9.17, 15) is 9.59 Å². The standard InChI is InChI=1S/C13H20N4O3/c1-3-9-16-11(13(19)20-2)12(14)17(9)7-6-10(18)15-8-4-5-8/h8H,3-7,14H2,1-2H3,(H,15,18). The van der Waals surface area contributed by atoms with Crippen LogP contribution in [0.25, 0.3) is 0 Å². The van der Waals surface area contributed by atoms with Crippen LogP contribution < -0.4 is 11.1 Å². The Bertz CT molecular complexity index is 520. The van der Waals surface area contributed by atoms with Gasteiger partial charge in [-0.2, -0.15) is 0 Å². The Morgan fingerprint density at radius 1 is 1.50 bits per heavy atom. The first-order valence-corrected chi connectivity index (χ1v) is 6.79. The van der Waals surface area contributed by atoms with E-state index in [1.807, 2.05) is 6.92 Å². The Morgan fingerprint density at radius 3 is 2.75 bits per heavy atom. The number of carbonyl (C=O) groups excluding carboxylic acids is 2. The molecule has 110 valence electrons.